The number of hydrogen-bond donors (Lipinski definition) is 1. The van der Waals surface area contributed by atoms with Crippen LogP contribution in [0.5, 0.6) is 0 Å². The van der Waals surface area contributed by atoms with E-state index >= 15 is 0 Å². The van der Waals surface area contributed by atoms with E-state index < -0.39 is 5.97 Å². The highest BCUT2D eigenvalue weighted by atomic mass is 16.5. The minimum atomic E-state index is -0.500. The Hall–Kier alpha value is -2.82. The molecule has 1 heterocycles. The van der Waals surface area contributed by atoms with Gasteiger partial charge in [-0.1, -0.05) is 17.7 Å². The minimum Gasteiger partial charge on any atom is -0.452 e. The van der Waals surface area contributed by atoms with Crippen LogP contribution in [-0.4, -0.2) is 31.6 Å². The molecule has 0 aromatic heterocycles. The highest BCUT2D eigenvalue weighted by Gasteiger charge is 2.13. The van der Waals surface area contributed by atoms with E-state index in [-0.39, 0.29) is 12.5 Å². The Balaban J connectivity index is 1.48. The molecule has 130 valence electrons. The maximum atomic E-state index is 11.9. The zero-order valence-corrected chi connectivity index (χ0v) is 14.3. The molecule has 1 aliphatic heterocycles. The van der Waals surface area contributed by atoms with Crippen molar-refractivity contribution < 1.29 is 14.3 Å². The van der Waals surface area contributed by atoms with Crippen LogP contribution in [0, 0.1) is 6.92 Å². The number of esters is 1. The number of aryl methyl sites for hydroxylation is 1. The fraction of sp³-hybridized carbons (Fsp3) is 0.300. The molecule has 0 bridgehead atoms. The molecule has 1 amide bonds. The third kappa shape index (κ3) is 4.59. The zero-order chi connectivity index (χ0) is 17.6. The summed E-state index contributed by atoms with van der Waals surface area (Å²) in [5.74, 6) is -0.853. The quantitative estimate of drug-likeness (QED) is 0.849. The van der Waals surface area contributed by atoms with Crippen LogP contribution in [-0.2, 0) is 9.53 Å². The Kier molecular flexibility index (Phi) is 5.33. The largest absolute Gasteiger partial charge is 0.452 e. The van der Waals surface area contributed by atoms with Crippen LogP contribution in [0.4, 0.5) is 11.4 Å². The van der Waals surface area contributed by atoms with Gasteiger partial charge in [0.05, 0.1) is 5.56 Å². The summed E-state index contributed by atoms with van der Waals surface area (Å²) in [6.07, 6.45) is 2.45. The fourth-order valence-corrected chi connectivity index (χ4v) is 2.83. The van der Waals surface area contributed by atoms with Gasteiger partial charge in [0.15, 0.2) is 6.61 Å². The average Bonchev–Trinajstić information content (AvgIpc) is 3.15. The van der Waals surface area contributed by atoms with E-state index in [1.165, 1.54) is 18.5 Å². The molecule has 2 aromatic rings. The van der Waals surface area contributed by atoms with Crippen molar-refractivity contribution in [1.29, 1.82) is 0 Å². The first kappa shape index (κ1) is 17.0. The average molecular weight is 338 g/mol. The molecule has 5 heteroatoms. The lowest BCUT2D eigenvalue weighted by molar-refractivity contribution is -0.119. The Morgan fingerprint density at radius 1 is 1.00 bits per heavy atom. The van der Waals surface area contributed by atoms with Crippen molar-refractivity contribution in [2.24, 2.45) is 0 Å². The van der Waals surface area contributed by atoms with Gasteiger partial charge >= 0.3 is 5.97 Å². The van der Waals surface area contributed by atoms with Gasteiger partial charge in [-0.2, -0.15) is 0 Å². The van der Waals surface area contributed by atoms with Crippen molar-refractivity contribution in [1.82, 2.24) is 0 Å². The lowest BCUT2D eigenvalue weighted by Crippen LogP contribution is -2.21. The number of carbonyl (C=O) groups is 2. The van der Waals surface area contributed by atoms with E-state index in [1.54, 1.807) is 12.1 Å². The summed E-state index contributed by atoms with van der Waals surface area (Å²) in [5.41, 5.74) is 3.36. The molecule has 0 radical (unpaired) electrons. The molecular formula is C20H22N2O3. The topological polar surface area (TPSA) is 58.6 Å². The third-order valence-corrected chi connectivity index (χ3v) is 4.24. The smallest absolute Gasteiger partial charge is 0.338 e. The maximum absolute atomic E-state index is 11.9. The summed E-state index contributed by atoms with van der Waals surface area (Å²) in [4.78, 5) is 26.2. The summed E-state index contributed by atoms with van der Waals surface area (Å²) in [6.45, 7) is 3.81. The van der Waals surface area contributed by atoms with Gasteiger partial charge in [-0.25, -0.2) is 4.79 Å². The third-order valence-electron chi connectivity index (χ3n) is 4.24. The second-order valence-corrected chi connectivity index (χ2v) is 6.23. The van der Waals surface area contributed by atoms with Gasteiger partial charge in [0.2, 0.25) is 0 Å². The van der Waals surface area contributed by atoms with Gasteiger partial charge in [0.1, 0.15) is 0 Å². The Morgan fingerprint density at radius 2 is 1.64 bits per heavy atom. The molecule has 1 saturated heterocycles. The van der Waals surface area contributed by atoms with Crippen LogP contribution in [0.1, 0.15) is 28.8 Å². The number of ether oxygens (including phenoxy) is 1. The Bertz CT molecular complexity index is 733. The summed E-state index contributed by atoms with van der Waals surface area (Å²) in [6, 6.07) is 14.8. The molecule has 25 heavy (non-hydrogen) atoms. The molecule has 1 fully saturated rings. The second-order valence-electron chi connectivity index (χ2n) is 6.23. The standard InChI is InChI=1S/C20H22N2O3/c1-15-4-6-16(7-5-15)20(24)25-14-19(23)21-17-8-10-18(11-9-17)22-12-2-3-13-22/h4-11H,2-3,12-14H2,1H3,(H,21,23). The summed E-state index contributed by atoms with van der Waals surface area (Å²) in [5, 5.41) is 2.74. The predicted molar refractivity (Wildman–Crippen MR) is 98.0 cm³/mol. The summed E-state index contributed by atoms with van der Waals surface area (Å²) >= 11 is 0. The first-order chi connectivity index (χ1) is 12.1. The number of rotatable bonds is 5. The minimum absolute atomic E-state index is 0.305. The fourth-order valence-electron chi connectivity index (χ4n) is 2.83. The Labute approximate surface area is 147 Å². The van der Waals surface area contributed by atoms with Crippen LogP contribution in [0.15, 0.2) is 48.5 Å². The molecule has 2 aromatic carbocycles. The van der Waals surface area contributed by atoms with E-state index in [2.05, 4.69) is 10.2 Å². The zero-order valence-electron chi connectivity index (χ0n) is 14.3. The molecule has 0 spiro atoms. The van der Waals surface area contributed by atoms with E-state index in [1.807, 2.05) is 43.3 Å². The second kappa shape index (κ2) is 7.83. The predicted octanol–water partition coefficient (Wildman–Crippen LogP) is 3.39. The van der Waals surface area contributed by atoms with Gasteiger partial charge < -0.3 is 15.0 Å². The Morgan fingerprint density at radius 3 is 2.28 bits per heavy atom. The molecule has 0 aliphatic carbocycles. The van der Waals surface area contributed by atoms with Crippen LogP contribution in [0.3, 0.4) is 0 Å². The van der Waals surface area contributed by atoms with Crippen LogP contribution >= 0.6 is 0 Å². The van der Waals surface area contributed by atoms with Gasteiger partial charge in [0.25, 0.3) is 5.91 Å². The van der Waals surface area contributed by atoms with Crippen molar-refractivity contribution in [2.75, 3.05) is 29.9 Å². The van der Waals surface area contributed by atoms with Gasteiger partial charge in [-0.15, -0.1) is 0 Å². The normalized spacial score (nSPS) is 13.6. The van der Waals surface area contributed by atoms with Crippen LogP contribution < -0.4 is 10.2 Å². The van der Waals surface area contributed by atoms with Gasteiger partial charge in [0, 0.05) is 24.5 Å². The molecule has 1 aliphatic rings. The van der Waals surface area contributed by atoms with Crippen molar-refractivity contribution in [3.8, 4) is 0 Å². The van der Waals surface area contributed by atoms with Crippen molar-refractivity contribution in [3.63, 3.8) is 0 Å². The number of hydrogen-bond acceptors (Lipinski definition) is 4. The van der Waals surface area contributed by atoms with Crippen molar-refractivity contribution in [3.05, 3.63) is 59.7 Å². The van der Waals surface area contributed by atoms with E-state index in [4.69, 9.17) is 4.74 Å². The SMILES string of the molecule is Cc1ccc(C(=O)OCC(=O)Nc2ccc(N3CCCC3)cc2)cc1. The van der Waals surface area contributed by atoms with Gasteiger partial charge in [-0.3, -0.25) is 4.79 Å². The highest BCUT2D eigenvalue weighted by molar-refractivity contribution is 5.95. The molecule has 0 atom stereocenters. The number of amides is 1. The number of anilines is 2. The van der Waals surface area contributed by atoms with Crippen molar-refractivity contribution in [2.45, 2.75) is 19.8 Å². The number of carbonyl (C=O) groups excluding carboxylic acids is 2. The lowest BCUT2D eigenvalue weighted by Gasteiger charge is -2.17. The molecule has 1 N–H and O–H groups in total. The molecular weight excluding hydrogens is 316 g/mol. The number of nitrogens with zero attached hydrogens (tertiary/aromatic N) is 1. The van der Waals surface area contributed by atoms with Crippen LogP contribution in [0.25, 0.3) is 0 Å². The first-order valence-electron chi connectivity index (χ1n) is 8.50. The highest BCUT2D eigenvalue weighted by Crippen LogP contribution is 2.22. The molecule has 3 rings (SSSR count). The number of nitrogens with one attached hydrogen (secondary N) is 1. The monoisotopic (exact) mass is 338 g/mol. The van der Waals surface area contributed by atoms with E-state index in [0.29, 0.717) is 11.3 Å². The number of benzene rings is 2. The molecule has 5 nitrogen and oxygen atoms in total. The summed E-state index contributed by atoms with van der Waals surface area (Å²) in [7, 11) is 0. The molecule has 0 unspecified atom stereocenters. The van der Waals surface area contributed by atoms with Crippen LogP contribution in [0.2, 0.25) is 0 Å². The van der Waals surface area contributed by atoms with Crippen molar-refractivity contribution >= 4 is 23.3 Å². The maximum Gasteiger partial charge on any atom is 0.338 e. The van der Waals surface area contributed by atoms with Gasteiger partial charge in [-0.05, 0) is 56.2 Å². The lowest BCUT2D eigenvalue weighted by atomic mass is 10.1. The first-order valence-corrected chi connectivity index (χ1v) is 8.50. The van der Waals surface area contributed by atoms with E-state index in [9.17, 15) is 9.59 Å². The van der Waals surface area contributed by atoms with E-state index in [0.717, 1.165) is 18.7 Å². The molecule has 0 saturated carbocycles. The summed E-state index contributed by atoms with van der Waals surface area (Å²) < 4.78 is 5.05.